The highest BCUT2D eigenvalue weighted by atomic mass is 35.5. The van der Waals surface area contributed by atoms with Crippen LogP contribution < -0.4 is 4.90 Å². The molecule has 0 saturated carbocycles. The predicted molar refractivity (Wildman–Crippen MR) is 81.0 cm³/mol. The van der Waals surface area contributed by atoms with Crippen LogP contribution in [0.4, 0.5) is 5.69 Å². The molecule has 1 fully saturated rings. The van der Waals surface area contributed by atoms with E-state index in [2.05, 4.69) is 23.9 Å². The third-order valence-corrected chi connectivity index (χ3v) is 4.37. The molecule has 0 amide bonds. The van der Waals surface area contributed by atoms with Crippen LogP contribution in [0.15, 0.2) is 18.2 Å². The van der Waals surface area contributed by atoms with Crippen molar-refractivity contribution < 1.29 is 5.11 Å². The third-order valence-electron chi connectivity index (χ3n) is 4.07. The van der Waals surface area contributed by atoms with Crippen molar-refractivity contribution in [1.29, 1.82) is 0 Å². The third kappa shape index (κ3) is 3.41. The fourth-order valence-corrected chi connectivity index (χ4v) is 2.97. The van der Waals surface area contributed by atoms with E-state index in [1.165, 1.54) is 12.8 Å². The Morgan fingerprint density at radius 1 is 1.37 bits per heavy atom. The number of likely N-dealkylation sites (tertiary alicyclic amines) is 1. The van der Waals surface area contributed by atoms with Gasteiger partial charge in [0.25, 0.3) is 0 Å². The van der Waals surface area contributed by atoms with E-state index < -0.39 is 6.10 Å². The fraction of sp³-hybridized carbons (Fsp3) is 0.600. The van der Waals surface area contributed by atoms with Crippen LogP contribution in [0, 0.1) is 0 Å². The maximum absolute atomic E-state index is 9.58. The Hall–Kier alpha value is -0.770. The summed E-state index contributed by atoms with van der Waals surface area (Å²) in [6.07, 6.45) is 1.86. The molecule has 4 heteroatoms. The van der Waals surface area contributed by atoms with E-state index in [-0.39, 0.29) is 0 Å². The van der Waals surface area contributed by atoms with Crippen molar-refractivity contribution in [3.63, 3.8) is 0 Å². The van der Waals surface area contributed by atoms with E-state index in [0.29, 0.717) is 6.04 Å². The van der Waals surface area contributed by atoms with Gasteiger partial charge in [0.15, 0.2) is 0 Å². The number of hydrogen-bond donors (Lipinski definition) is 1. The lowest BCUT2D eigenvalue weighted by atomic mass is 10.0. The van der Waals surface area contributed by atoms with Crippen LogP contribution in [0.3, 0.4) is 0 Å². The maximum Gasteiger partial charge on any atom is 0.0762 e. The summed E-state index contributed by atoms with van der Waals surface area (Å²) in [5.41, 5.74) is 1.92. The highest BCUT2D eigenvalue weighted by Gasteiger charge is 2.22. The first-order valence-corrected chi connectivity index (χ1v) is 7.25. The highest BCUT2D eigenvalue weighted by Crippen LogP contribution is 2.31. The Morgan fingerprint density at radius 2 is 2.00 bits per heavy atom. The second-order valence-corrected chi connectivity index (χ2v) is 5.94. The summed E-state index contributed by atoms with van der Waals surface area (Å²) in [6, 6.07) is 6.39. The average molecular weight is 283 g/mol. The number of piperidine rings is 1. The molecule has 1 aliphatic heterocycles. The summed E-state index contributed by atoms with van der Waals surface area (Å²) in [4.78, 5) is 4.64. The lowest BCUT2D eigenvalue weighted by molar-refractivity contribution is 0.199. The molecule has 3 nitrogen and oxygen atoms in total. The Labute approximate surface area is 120 Å². The normalized spacial score (nSPS) is 19.4. The zero-order valence-electron chi connectivity index (χ0n) is 11.9. The number of aliphatic hydroxyl groups excluding tert-OH is 1. The van der Waals surface area contributed by atoms with Gasteiger partial charge in [0.2, 0.25) is 0 Å². The second kappa shape index (κ2) is 6.12. The van der Waals surface area contributed by atoms with E-state index in [1.807, 2.05) is 18.2 Å². The van der Waals surface area contributed by atoms with Gasteiger partial charge in [-0.15, -0.1) is 0 Å². The van der Waals surface area contributed by atoms with E-state index in [0.717, 1.165) is 29.4 Å². The zero-order valence-corrected chi connectivity index (χ0v) is 12.7. The van der Waals surface area contributed by atoms with Gasteiger partial charge in [0.05, 0.1) is 16.8 Å². The summed E-state index contributed by atoms with van der Waals surface area (Å²) in [5.74, 6) is 0. The molecule has 1 unspecified atom stereocenters. The molecule has 0 bridgehead atoms. The Morgan fingerprint density at radius 3 is 2.53 bits per heavy atom. The van der Waals surface area contributed by atoms with Crippen LogP contribution >= 0.6 is 11.6 Å². The van der Waals surface area contributed by atoms with Gasteiger partial charge in [0.1, 0.15) is 0 Å². The van der Waals surface area contributed by atoms with E-state index in [4.69, 9.17) is 11.6 Å². The summed E-state index contributed by atoms with van der Waals surface area (Å²) in [6.45, 7) is 4.03. The minimum Gasteiger partial charge on any atom is -0.389 e. The quantitative estimate of drug-likeness (QED) is 0.923. The number of rotatable bonds is 3. The van der Waals surface area contributed by atoms with Crippen LogP contribution in [0.5, 0.6) is 0 Å². The number of benzene rings is 1. The standard InChI is InChI=1S/C15H23ClN2O/c1-11(19)12-4-5-15(14(16)10-12)18(3)13-6-8-17(2)9-7-13/h4-5,10-11,13,19H,6-9H2,1-3H3. The summed E-state index contributed by atoms with van der Waals surface area (Å²) >= 11 is 6.35. The number of halogens is 1. The zero-order chi connectivity index (χ0) is 14.0. The molecule has 1 atom stereocenters. The minimum absolute atomic E-state index is 0.472. The number of anilines is 1. The largest absolute Gasteiger partial charge is 0.389 e. The fourth-order valence-electron chi connectivity index (χ4n) is 2.65. The van der Waals surface area contributed by atoms with Gasteiger partial charge >= 0.3 is 0 Å². The molecule has 0 spiro atoms. The van der Waals surface area contributed by atoms with Crippen LogP contribution in [0.2, 0.25) is 5.02 Å². The van der Waals surface area contributed by atoms with Crippen LogP contribution in [-0.4, -0.2) is 43.2 Å². The number of hydrogen-bond acceptors (Lipinski definition) is 3. The molecule has 1 aromatic rings. The van der Waals surface area contributed by atoms with E-state index in [1.54, 1.807) is 6.92 Å². The molecule has 19 heavy (non-hydrogen) atoms. The monoisotopic (exact) mass is 282 g/mol. The molecule has 1 aliphatic rings. The maximum atomic E-state index is 9.58. The smallest absolute Gasteiger partial charge is 0.0762 e. The van der Waals surface area contributed by atoms with Gasteiger partial charge < -0.3 is 14.9 Å². The first-order chi connectivity index (χ1) is 8.99. The van der Waals surface area contributed by atoms with Gasteiger partial charge in [-0.2, -0.15) is 0 Å². The Kier molecular flexibility index (Phi) is 4.71. The Bertz CT molecular complexity index is 428. The van der Waals surface area contributed by atoms with Gasteiger partial charge in [-0.3, -0.25) is 0 Å². The first-order valence-electron chi connectivity index (χ1n) is 6.88. The molecule has 1 saturated heterocycles. The van der Waals surface area contributed by atoms with Gasteiger partial charge in [-0.25, -0.2) is 0 Å². The summed E-state index contributed by atoms with van der Waals surface area (Å²) in [7, 11) is 4.28. The Balaban J connectivity index is 2.12. The molecule has 1 aromatic carbocycles. The van der Waals surface area contributed by atoms with Gasteiger partial charge in [-0.1, -0.05) is 17.7 Å². The molecule has 0 aromatic heterocycles. The molecule has 1 N–H and O–H groups in total. The van der Waals surface area contributed by atoms with Crippen LogP contribution in [0.25, 0.3) is 0 Å². The van der Waals surface area contributed by atoms with E-state index >= 15 is 0 Å². The van der Waals surface area contributed by atoms with Crippen molar-refractivity contribution in [2.45, 2.75) is 31.9 Å². The van der Waals surface area contributed by atoms with Crippen molar-refractivity contribution in [2.24, 2.45) is 0 Å². The minimum atomic E-state index is -0.472. The molecular formula is C15H23ClN2O. The van der Waals surface area contributed by atoms with Crippen molar-refractivity contribution in [1.82, 2.24) is 4.90 Å². The van der Waals surface area contributed by atoms with Crippen LogP contribution in [-0.2, 0) is 0 Å². The topological polar surface area (TPSA) is 26.7 Å². The SMILES string of the molecule is CC(O)c1ccc(N(C)C2CCN(C)CC2)c(Cl)c1. The van der Waals surface area contributed by atoms with Crippen LogP contribution in [0.1, 0.15) is 31.4 Å². The predicted octanol–water partition coefficient (Wildman–Crippen LogP) is 2.92. The molecule has 0 radical (unpaired) electrons. The molecule has 0 aliphatic carbocycles. The first kappa shape index (κ1) is 14.6. The average Bonchev–Trinajstić information content (AvgIpc) is 2.38. The van der Waals surface area contributed by atoms with Gasteiger partial charge in [-0.05, 0) is 57.6 Å². The summed E-state index contributed by atoms with van der Waals surface area (Å²) < 4.78 is 0. The lowest BCUT2D eigenvalue weighted by Crippen LogP contribution is -2.42. The van der Waals surface area contributed by atoms with Crippen molar-refractivity contribution >= 4 is 17.3 Å². The molecular weight excluding hydrogens is 260 g/mol. The molecule has 106 valence electrons. The van der Waals surface area contributed by atoms with Crippen molar-refractivity contribution in [3.05, 3.63) is 28.8 Å². The lowest BCUT2D eigenvalue weighted by Gasteiger charge is -2.36. The van der Waals surface area contributed by atoms with Crippen molar-refractivity contribution in [3.8, 4) is 0 Å². The second-order valence-electron chi connectivity index (χ2n) is 5.53. The van der Waals surface area contributed by atoms with E-state index in [9.17, 15) is 5.11 Å². The summed E-state index contributed by atoms with van der Waals surface area (Å²) in [5, 5.41) is 10.3. The molecule has 2 rings (SSSR count). The van der Waals surface area contributed by atoms with Gasteiger partial charge in [0, 0.05) is 13.1 Å². The highest BCUT2D eigenvalue weighted by molar-refractivity contribution is 6.33. The number of nitrogens with zero attached hydrogens (tertiary/aromatic N) is 2. The number of aliphatic hydroxyl groups is 1. The van der Waals surface area contributed by atoms with Crippen molar-refractivity contribution in [2.75, 3.05) is 32.1 Å². The molecule has 1 heterocycles.